The molecule has 0 atom stereocenters. The maximum Gasteiger partial charge on any atom is 0.425 e. The van der Waals surface area contributed by atoms with Crippen LogP contribution in [0.2, 0.25) is 5.02 Å². The molecule has 0 aliphatic carbocycles. The molecular formula is C11H10ClN5O5. The minimum absolute atomic E-state index is 0.0244. The van der Waals surface area contributed by atoms with Crippen molar-refractivity contribution in [2.24, 2.45) is 0 Å². The summed E-state index contributed by atoms with van der Waals surface area (Å²) < 4.78 is 4.64. The Balaban J connectivity index is 2.46. The quantitative estimate of drug-likeness (QED) is 0.571. The van der Waals surface area contributed by atoms with Gasteiger partial charge in [-0.1, -0.05) is 11.6 Å². The number of nitro groups is 1. The van der Waals surface area contributed by atoms with E-state index < -0.39 is 16.7 Å². The molecule has 0 aliphatic rings. The summed E-state index contributed by atoms with van der Waals surface area (Å²) in [5.41, 5.74) is 3.61. The Morgan fingerprint density at radius 2 is 2.27 bits per heavy atom. The molecule has 1 amide bonds. The van der Waals surface area contributed by atoms with E-state index in [2.05, 4.69) is 25.6 Å². The molecule has 22 heavy (non-hydrogen) atoms. The summed E-state index contributed by atoms with van der Waals surface area (Å²) in [4.78, 5) is 38.9. The fourth-order valence-electron chi connectivity index (χ4n) is 1.68. The molecule has 0 aliphatic heterocycles. The van der Waals surface area contributed by atoms with E-state index in [1.807, 2.05) is 0 Å². The number of aromatic nitrogens is 2. The van der Waals surface area contributed by atoms with Crippen LogP contribution >= 0.6 is 11.6 Å². The second-order valence-corrected chi connectivity index (χ2v) is 4.37. The molecule has 0 bridgehead atoms. The van der Waals surface area contributed by atoms with Gasteiger partial charge >= 0.3 is 11.8 Å². The van der Waals surface area contributed by atoms with Crippen molar-refractivity contribution >= 4 is 40.1 Å². The number of hydrogen-bond acceptors (Lipinski definition) is 7. The zero-order valence-corrected chi connectivity index (χ0v) is 11.9. The average molecular weight is 328 g/mol. The molecule has 116 valence electrons. The lowest BCUT2D eigenvalue weighted by atomic mass is 10.2. The van der Waals surface area contributed by atoms with Crippen molar-refractivity contribution in [3.63, 3.8) is 0 Å². The molecule has 3 N–H and O–H groups in total. The number of carbonyl (C=O) groups is 1. The number of ether oxygens (including phenoxy) is 1. The van der Waals surface area contributed by atoms with Gasteiger partial charge in [0, 0.05) is 11.5 Å². The van der Waals surface area contributed by atoms with E-state index in [4.69, 9.17) is 11.6 Å². The number of nitrogens with zero attached hydrogens (tertiary/aromatic N) is 2. The molecule has 0 saturated carbocycles. The number of nitrogens with one attached hydrogen (secondary N) is 3. The van der Waals surface area contributed by atoms with Crippen molar-refractivity contribution < 1.29 is 14.5 Å². The van der Waals surface area contributed by atoms with Crippen molar-refractivity contribution in [3.05, 3.63) is 37.8 Å². The maximum absolute atomic E-state index is 11.5. The molecule has 0 spiro atoms. The molecule has 10 nitrogen and oxygen atoms in total. The third-order valence-corrected chi connectivity index (χ3v) is 2.85. The number of amides is 1. The number of carbonyl (C=O) groups excluding carboxylic acids is 1. The number of hydrazine groups is 1. The van der Waals surface area contributed by atoms with Crippen LogP contribution in [0.25, 0.3) is 10.9 Å². The Kier molecular flexibility index (Phi) is 4.41. The average Bonchev–Trinajstić information content (AvgIpc) is 2.44. The third-order valence-electron chi connectivity index (χ3n) is 2.55. The highest BCUT2D eigenvalue weighted by Crippen LogP contribution is 2.30. The van der Waals surface area contributed by atoms with Crippen molar-refractivity contribution in [3.8, 4) is 0 Å². The number of anilines is 1. The predicted octanol–water partition coefficient (Wildman–Crippen LogP) is 1.56. The number of rotatable bonds is 4. The summed E-state index contributed by atoms with van der Waals surface area (Å²) in [5, 5.41) is 11.0. The third kappa shape index (κ3) is 3.23. The van der Waals surface area contributed by atoms with Gasteiger partial charge in [-0.2, -0.15) is 4.98 Å². The summed E-state index contributed by atoms with van der Waals surface area (Å²) in [5.74, 6) is -0.0244. The number of halogens is 1. The molecule has 1 aromatic carbocycles. The summed E-state index contributed by atoms with van der Waals surface area (Å²) in [6, 6.07) is 2.36. The zero-order chi connectivity index (χ0) is 16.3. The number of hydrogen-bond donors (Lipinski definition) is 3. The molecule has 1 heterocycles. The molecule has 2 aromatic rings. The van der Waals surface area contributed by atoms with Crippen molar-refractivity contribution in [1.82, 2.24) is 15.4 Å². The Bertz CT molecular complexity index is 805. The van der Waals surface area contributed by atoms with Gasteiger partial charge in [0.2, 0.25) is 0 Å². The van der Waals surface area contributed by atoms with E-state index >= 15 is 0 Å². The monoisotopic (exact) mass is 327 g/mol. The zero-order valence-electron chi connectivity index (χ0n) is 11.2. The standard InChI is InChI=1S/C11H10ClN5O5/c1-2-22-11(19)16-15-9-5-3-6(12)8(17(20)21)4-7(5)13-10(18)14-9/h3-4H,2H2,1H3,(H,16,19)(H2,13,14,15,18). The van der Waals surface area contributed by atoms with Gasteiger partial charge in [-0.25, -0.2) is 15.0 Å². The van der Waals surface area contributed by atoms with Crippen LogP contribution < -0.4 is 16.5 Å². The summed E-state index contributed by atoms with van der Waals surface area (Å²) >= 11 is 5.82. The van der Waals surface area contributed by atoms with Gasteiger partial charge in [-0.05, 0) is 13.0 Å². The first-order chi connectivity index (χ1) is 10.4. The van der Waals surface area contributed by atoms with Crippen molar-refractivity contribution in [2.45, 2.75) is 6.92 Å². The van der Waals surface area contributed by atoms with E-state index in [1.54, 1.807) is 6.92 Å². The van der Waals surface area contributed by atoms with Gasteiger partial charge in [0.1, 0.15) is 5.02 Å². The number of H-pyrrole nitrogens is 1. The fraction of sp³-hybridized carbons (Fsp3) is 0.182. The highest BCUT2D eigenvalue weighted by atomic mass is 35.5. The van der Waals surface area contributed by atoms with Gasteiger partial charge < -0.3 is 9.72 Å². The second-order valence-electron chi connectivity index (χ2n) is 3.97. The molecular weight excluding hydrogens is 318 g/mol. The first-order valence-corrected chi connectivity index (χ1v) is 6.37. The lowest BCUT2D eigenvalue weighted by Gasteiger charge is -2.09. The number of aromatic amines is 1. The Morgan fingerprint density at radius 1 is 1.55 bits per heavy atom. The van der Waals surface area contributed by atoms with Crippen LogP contribution in [0, 0.1) is 10.1 Å². The molecule has 0 radical (unpaired) electrons. The van der Waals surface area contributed by atoms with E-state index in [0.29, 0.717) is 0 Å². The number of nitro benzene ring substituents is 1. The van der Waals surface area contributed by atoms with E-state index in [-0.39, 0.29) is 34.0 Å². The predicted molar refractivity (Wildman–Crippen MR) is 77.8 cm³/mol. The molecule has 0 saturated heterocycles. The Hall–Kier alpha value is -2.88. The van der Waals surface area contributed by atoms with Crippen LogP contribution in [-0.4, -0.2) is 27.6 Å². The smallest absolute Gasteiger partial charge is 0.425 e. The summed E-state index contributed by atoms with van der Waals surface area (Å²) in [6.07, 6.45) is -0.772. The Labute approximate surface area is 127 Å². The van der Waals surface area contributed by atoms with Crippen LogP contribution in [0.15, 0.2) is 16.9 Å². The van der Waals surface area contributed by atoms with Crippen LogP contribution in [0.4, 0.5) is 16.3 Å². The van der Waals surface area contributed by atoms with Crippen LogP contribution in [0.1, 0.15) is 6.92 Å². The maximum atomic E-state index is 11.5. The minimum atomic E-state index is -0.772. The first-order valence-electron chi connectivity index (χ1n) is 5.99. The van der Waals surface area contributed by atoms with Crippen molar-refractivity contribution in [1.29, 1.82) is 0 Å². The normalized spacial score (nSPS) is 10.3. The lowest BCUT2D eigenvalue weighted by molar-refractivity contribution is -0.384. The van der Waals surface area contributed by atoms with E-state index in [1.165, 1.54) is 6.07 Å². The van der Waals surface area contributed by atoms with Gasteiger partial charge in [0.25, 0.3) is 5.69 Å². The topological polar surface area (TPSA) is 139 Å². The van der Waals surface area contributed by atoms with Gasteiger partial charge in [0.05, 0.1) is 17.0 Å². The van der Waals surface area contributed by atoms with E-state index in [9.17, 15) is 19.7 Å². The van der Waals surface area contributed by atoms with Gasteiger partial charge in [-0.15, -0.1) is 0 Å². The van der Waals surface area contributed by atoms with Gasteiger partial charge in [0.15, 0.2) is 5.82 Å². The lowest BCUT2D eigenvalue weighted by Crippen LogP contribution is -2.31. The van der Waals surface area contributed by atoms with Crippen molar-refractivity contribution in [2.75, 3.05) is 12.0 Å². The Morgan fingerprint density at radius 3 is 2.91 bits per heavy atom. The molecule has 11 heteroatoms. The summed E-state index contributed by atoms with van der Waals surface area (Å²) in [7, 11) is 0. The number of fused-ring (bicyclic) bond motifs is 1. The van der Waals surface area contributed by atoms with Crippen LogP contribution in [-0.2, 0) is 4.74 Å². The summed E-state index contributed by atoms with van der Waals surface area (Å²) in [6.45, 7) is 1.79. The second kappa shape index (κ2) is 6.26. The highest BCUT2D eigenvalue weighted by molar-refractivity contribution is 6.33. The van der Waals surface area contributed by atoms with Gasteiger partial charge in [-0.3, -0.25) is 15.5 Å². The van der Waals surface area contributed by atoms with Crippen LogP contribution in [0.3, 0.4) is 0 Å². The SMILES string of the molecule is CCOC(=O)NNc1nc(=O)[nH]c2cc([N+](=O)[O-])c(Cl)cc12. The molecule has 0 fully saturated rings. The van der Waals surface area contributed by atoms with Crippen LogP contribution in [0.5, 0.6) is 0 Å². The largest absolute Gasteiger partial charge is 0.449 e. The molecule has 1 aromatic heterocycles. The highest BCUT2D eigenvalue weighted by Gasteiger charge is 2.16. The molecule has 2 rings (SSSR count). The first kappa shape index (κ1) is 15.5. The minimum Gasteiger partial charge on any atom is -0.449 e. The molecule has 0 unspecified atom stereocenters. The van der Waals surface area contributed by atoms with E-state index in [0.717, 1.165) is 6.07 Å². The number of benzene rings is 1. The fourth-order valence-corrected chi connectivity index (χ4v) is 1.91.